The lowest BCUT2D eigenvalue weighted by Gasteiger charge is -2.38. The zero-order valence-electron chi connectivity index (χ0n) is 15.2. The molecule has 1 aromatic rings. The molecule has 0 aliphatic carbocycles. The summed E-state index contributed by atoms with van der Waals surface area (Å²) in [7, 11) is 2.10. The van der Waals surface area contributed by atoms with Crippen LogP contribution >= 0.6 is 0 Å². The van der Waals surface area contributed by atoms with Crippen molar-refractivity contribution < 1.29 is 14.6 Å². The molecule has 138 valence electrons. The van der Waals surface area contributed by atoms with Gasteiger partial charge >= 0.3 is 0 Å². The largest absolute Gasteiger partial charge is 0.391 e. The zero-order valence-corrected chi connectivity index (χ0v) is 15.2. The van der Waals surface area contributed by atoms with E-state index >= 15 is 0 Å². The Labute approximate surface area is 149 Å². The standard InChI is InChI=1S/C19H29N3O3/c1-14-4-3-5-16(20-14)19(24)22-10-6-17(18(23)7-11-22)21(2)15-8-12-25-13-9-15/h3-5,15,17-18,23H,6-13H2,1-2H3/t17-,18-/m0/s1. The maximum absolute atomic E-state index is 12.7. The Morgan fingerprint density at radius 3 is 2.68 bits per heavy atom. The minimum atomic E-state index is -0.406. The van der Waals surface area contributed by atoms with E-state index in [0.717, 1.165) is 38.2 Å². The molecule has 0 radical (unpaired) electrons. The van der Waals surface area contributed by atoms with Crippen molar-refractivity contribution in [3.63, 3.8) is 0 Å². The molecular weight excluding hydrogens is 318 g/mol. The Morgan fingerprint density at radius 1 is 1.24 bits per heavy atom. The molecule has 0 spiro atoms. The third kappa shape index (κ3) is 4.37. The van der Waals surface area contributed by atoms with Crippen LogP contribution in [0.3, 0.4) is 0 Å². The summed E-state index contributed by atoms with van der Waals surface area (Å²) in [5.74, 6) is -0.0368. The van der Waals surface area contributed by atoms with Crippen LogP contribution in [0.5, 0.6) is 0 Å². The summed E-state index contributed by atoms with van der Waals surface area (Å²) < 4.78 is 5.45. The topological polar surface area (TPSA) is 65.9 Å². The van der Waals surface area contributed by atoms with Crippen LogP contribution in [0.1, 0.15) is 41.9 Å². The lowest BCUT2D eigenvalue weighted by molar-refractivity contribution is -0.00758. The summed E-state index contributed by atoms with van der Waals surface area (Å²) in [5, 5.41) is 10.6. The average molecular weight is 347 g/mol. The number of pyridine rings is 1. The van der Waals surface area contributed by atoms with Crippen LogP contribution < -0.4 is 0 Å². The van der Waals surface area contributed by atoms with E-state index in [0.29, 0.717) is 31.2 Å². The van der Waals surface area contributed by atoms with Crippen molar-refractivity contribution in [2.24, 2.45) is 0 Å². The van der Waals surface area contributed by atoms with Gasteiger partial charge in [-0.05, 0) is 51.8 Å². The maximum atomic E-state index is 12.7. The second kappa shape index (κ2) is 8.25. The van der Waals surface area contributed by atoms with E-state index < -0.39 is 6.10 Å². The van der Waals surface area contributed by atoms with Gasteiger partial charge in [0.05, 0.1) is 6.10 Å². The molecule has 2 aliphatic heterocycles. The fraction of sp³-hybridized carbons (Fsp3) is 0.684. The van der Waals surface area contributed by atoms with Crippen LogP contribution in [0.15, 0.2) is 18.2 Å². The van der Waals surface area contributed by atoms with Crippen molar-refractivity contribution >= 4 is 5.91 Å². The number of hydrogen-bond acceptors (Lipinski definition) is 5. The van der Waals surface area contributed by atoms with Gasteiger partial charge in [0, 0.05) is 44.1 Å². The van der Waals surface area contributed by atoms with Crippen LogP contribution in [-0.4, -0.2) is 77.3 Å². The number of aryl methyl sites for hydroxylation is 1. The maximum Gasteiger partial charge on any atom is 0.272 e. The number of aliphatic hydroxyl groups is 1. The molecule has 25 heavy (non-hydrogen) atoms. The smallest absolute Gasteiger partial charge is 0.272 e. The van der Waals surface area contributed by atoms with Gasteiger partial charge in [0.1, 0.15) is 5.69 Å². The summed E-state index contributed by atoms with van der Waals surface area (Å²) in [6.45, 7) is 4.71. The van der Waals surface area contributed by atoms with Crippen molar-refractivity contribution in [1.29, 1.82) is 0 Å². The minimum absolute atomic E-state index is 0.0368. The Morgan fingerprint density at radius 2 is 1.96 bits per heavy atom. The van der Waals surface area contributed by atoms with Crippen LogP contribution in [0, 0.1) is 6.92 Å². The van der Waals surface area contributed by atoms with E-state index in [9.17, 15) is 9.90 Å². The Kier molecular flexibility index (Phi) is 6.04. The van der Waals surface area contributed by atoms with E-state index in [1.807, 2.05) is 24.0 Å². The molecule has 2 fully saturated rings. The molecule has 2 atom stereocenters. The number of aliphatic hydroxyl groups excluding tert-OH is 1. The van der Waals surface area contributed by atoms with Gasteiger partial charge in [0.25, 0.3) is 5.91 Å². The van der Waals surface area contributed by atoms with Crippen molar-refractivity contribution in [3.05, 3.63) is 29.6 Å². The number of aromatic nitrogens is 1. The quantitative estimate of drug-likeness (QED) is 0.897. The van der Waals surface area contributed by atoms with E-state index in [1.54, 1.807) is 6.07 Å². The highest BCUT2D eigenvalue weighted by molar-refractivity contribution is 5.92. The number of likely N-dealkylation sites (N-methyl/N-ethyl adjacent to an activating group) is 1. The van der Waals surface area contributed by atoms with Crippen molar-refractivity contribution in [2.45, 2.75) is 50.8 Å². The summed E-state index contributed by atoms with van der Waals surface area (Å²) in [6, 6.07) is 6.06. The van der Waals surface area contributed by atoms with Gasteiger partial charge in [-0.2, -0.15) is 0 Å². The van der Waals surface area contributed by atoms with Crippen molar-refractivity contribution in [2.75, 3.05) is 33.4 Å². The highest BCUT2D eigenvalue weighted by Gasteiger charge is 2.33. The lowest BCUT2D eigenvalue weighted by Crippen LogP contribution is -2.48. The van der Waals surface area contributed by atoms with Gasteiger partial charge < -0.3 is 14.7 Å². The molecule has 3 rings (SSSR count). The molecule has 1 aromatic heterocycles. The average Bonchev–Trinajstić information content (AvgIpc) is 2.83. The first-order chi connectivity index (χ1) is 12.1. The molecule has 0 aromatic carbocycles. The molecule has 0 saturated carbocycles. The van der Waals surface area contributed by atoms with Crippen LogP contribution in [0.4, 0.5) is 0 Å². The van der Waals surface area contributed by atoms with Crippen LogP contribution in [0.25, 0.3) is 0 Å². The first-order valence-electron chi connectivity index (χ1n) is 9.27. The van der Waals surface area contributed by atoms with Gasteiger partial charge in [0.2, 0.25) is 0 Å². The van der Waals surface area contributed by atoms with E-state index in [1.165, 1.54) is 0 Å². The molecule has 3 heterocycles. The Balaban J connectivity index is 1.65. The summed E-state index contributed by atoms with van der Waals surface area (Å²) in [4.78, 5) is 21.2. The van der Waals surface area contributed by atoms with E-state index in [-0.39, 0.29) is 11.9 Å². The number of carbonyl (C=O) groups excluding carboxylic acids is 1. The lowest BCUT2D eigenvalue weighted by atomic mass is 9.99. The summed E-state index contributed by atoms with van der Waals surface area (Å²) in [5.41, 5.74) is 1.34. The number of ether oxygens (including phenoxy) is 1. The van der Waals surface area contributed by atoms with Crippen molar-refractivity contribution in [1.82, 2.24) is 14.8 Å². The highest BCUT2D eigenvalue weighted by atomic mass is 16.5. The predicted octanol–water partition coefficient (Wildman–Crippen LogP) is 1.47. The molecule has 2 saturated heterocycles. The second-order valence-corrected chi connectivity index (χ2v) is 7.18. The third-order valence-electron chi connectivity index (χ3n) is 5.52. The van der Waals surface area contributed by atoms with Gasteiger partial charge in [-0.1, -0.05) is 6.07 Å². The van der Waals surface area contributed by atoms with Gasteiger partial charge in [0.15, 0.2) is 0 Å². The van der Waals surface area contributed by atoms with Crippen molar-refractivity contribution in [3.8, 4) is 0 Å². The summed E-state index contributed by atoms with van der Waals surface area (Å²) in [6.07, 6.45) is 3.00. The summed E-state index contributed by atoms with van der Waals surface area (Å²) >= 11 is 0. The monoisotopic (exact) mass is 347 g/mol. The molecule has 1 amide bonds. The van der Waals surface area contributed by atoms with Gasteiger partial charge in [-0.15, -0.1) is 0 Å². The fourth-order valence-electron chi connectivity index (χ4n) is 3.94. The normalized spacial score (nSPS) is 25.8. The van der Waals surface area contributed by atoms with Crippen LogP contribution in [-0.2, 0) is 4.74 Å². The van der Waals surface area contributed by atoms with Crippen LogP contribution in [0.2, 0.25) is 0 Å². The third-order valence-corrected chi connectivity index (χ3v) is 5.52. The second-order valence-electron chi connectivity index (χ2n) is 7.18. The van der Waals surface area contributed by atoms with E-state index in [4.69, 9.17) is 4.74 Å². The molecule has 2 aliphatic rings. The predicted molar refractivity (Wildman–Crippen MR) is 95.5 cm³/mol. The number of amides is 1. The highest BCUT2D eigenvalue weighted by Crippen LogP contribution is 2.23. The SMILES string of the molecule is Cc1cccc(C(=O)N2CC[C@H](O)[C@@H](N(C)C3CCOCC3)CC2)n1. The fourth-order valence-corrected chi connectivity index (χ4v) is 3.94. The van der Waals surface area contributed by atoms with Gasteiger partial charge in [-0.3, -0.25) is 9.69 Å². The number of hydrogen-bond donors (Lipinski definition) is 1. The molecule has 0 bridgehead atoms. The number of rotatable bonds is 3. The Hall–Kier alpha value is -1.50. The zero-order chi connectivity index (χ0) is 17.8. The molecule has 0 unspecified atom stereocenters. The molecule has 6 nitrogen and oxygen atoms in total. The number of nitrogens with zero attached hydrogens (tertiary/aromatic N) is 3. The van der Waals surface area contributed by atoms with E-state index in [2.05, 4.69) is 16.9 Å². The number of likely N-dealkylation sites (tertiary alicyclic amines) is 1. The molecular formula is C19H29N3O3. The molecule has 1 N–H and O–H groups in total. The number of carbonyl (C=O) groups is 1. The first kappa shape index (κ1) is 18.3. The molecule has 6 heteroatoms. The van der Waals surface area contributed by atoms with Gasteiger partial charge in [-0.25, -0.2) is 4.98 Å². The first-order valence-corrected chi connectivity index (χ1v) is 9.27. The Bertz CT molecular complexity index is 589. The minimum Gasteiger partial charge on any atom is -0.391 e.